The van der Waals surface area contributed by atoms with Crippen molar-refractivity contribution in [3.63, 3.8) is 0 Å². The van der Waals surface area contributed by atoms with Gasteiger partial charge in [0.25, 0.3) is 0 Å². The summed E-state index contributed by atoms with van der Waals surface area (Å²) >= 11 is 12.0. The van der Waals surface area contributed by atoms with E-state index in [0.29, 0.717) is 35.2 Å². The van der Waals surface area contributed by atoms with Crippen LogP contribution in [0.2, 0.25) is 10.0 Å². The van der Waals surface area contributed by atoms with E-state index in [1.807, 2.05) is 17.9 Å². The van der Waals surface area contributed by atoms with E-state index in [1.54, 1.807) is 12.1 Å². The number of hydrogen-bond acceptors (Lipinski definition) is 4. The van der Waals surface area contributed by atoms with Gasteiger partial charge in [-0.2, -0.15) is 0 Å². The molecule has 1 amide bonds. The lowest BCUT2D eigenvalue weighted by molar-refractivity contribution is -0.132. The van der Waals surface area contributed by atoms with E-state index in [-0.39, 0.29) is 5.91 Å². The number of piperazine rings is 1. The lowest BCUT2D eigenvalue weighted by Crippen LogP contribution is -2.47. The third-order valence-electron chi connectivity index (χ3n) is 3.99. The average molecular weight is 372 g/mol. The highest BCUT2D eigenvalue weighted by atomic mass is 35.5. The smallest absolute Gasteiger partial charge is 0.223 e. The van der Waals surface area contributed by atoms with E-state index in [4.69, 9.17) is 28.0 Å². The van der Waals surface area contributed by atoms with Crippen LogP contribution >= 0.6 is 23.2 Å². The van der Waals surface area contributed by atoms with Crippen LogP contribution in [0.4, 0.5) is 0 Å². The Balaban J connectivity index is 2.01. The average Bonchev–Trinajstić information content (AvgIpc) is 2.58. The maximum absolute atomic E-state index is 12.4. The molecule has 1 aromatic carbocycles. The van der Waals surface area contributed by atoms with Crippen LogP contribution in [0, 0.1) is 0 Å². The Labute approximate surface area is 153 Å². The molecule has 0 saturated carbocycles. The molecule has 0 aliphatic carbocycles. The Hall–Kier alpha value is -1.30. The van der Waals surface area contributed by atoms with Gasteiger partial charge in [0.1, 0.15) is 6.61 Å². The maximum Gasteiger partial charge on any atom is 0.223 e. The minimum atomic E-state index is 0.146. The predicted molar refractivity (Wildman–Crippen MR) is 97.9 cm³/mol. The first kappa shape index (κ1) is 19.0. The van der Waals surface area contributed by atoms with E-state index in [0.717, 1.165) is 31.7 Å². The summed E-state index contributed by atoms with van der Waals surface area (Å²) in [4.78, 5) is 21.7. The van der Waals surface area contributed by atoms with Crippen molar-refractivity contribution in [3.8, 4) is 0 Å². The monoisotopic (exact) mass is 371 g/mol. The topological polar surface area (TPSA) is 45.1 Å². The molecule has 0 unspecified atom stereocenters. The van der Waals surface area contributed by atoms with Crippen LogP contribution in [0.25, 0.3) is 0 Å². The number of carbonyl (C=O) groups excluding carboxylic acids is 1. The Morgan fingerprint density at radius 2 is 1.88 bits per heavy atom. The summed E-state index contributed by atoms with van der Waals surface area (Å²) < 4.78 is 0. The van der Waals surface area contributed by atoms with Crippen LogP contribution in [0.1, 0.15) is 25.3 Å². The fourth-order valence-corrected chi connectivity index (χ4v) is 2.80. The number of rotatable bonds is 6. The number of benzene rings is 1. The highest BCUT2D eigenvalue weighted by molar-refractivity contribution is 6.42. The molecule has 0 N–H and O–H groups in total. The van der Waals surface area contributed by atoms with Gasteiger partial charge in [-0.25, -0.2) is 0 Å². The summed E-state index contributed by atoms with van der Waals surface area (Å²) in [5, 5.41) is 5.10. The number of oxime groups is 1. The van der Waals surface area contributed by atoms with Gasteiger partial charge in [-0.3, -0.25) is 4.79 Å². The number of hydrogen-bond donors (Lipinski definition) is 0. The number of nitrogens with zero attached hydrogens (tertiary/aromatic N) is 3. The molecule has 0 bridgehead atoms. The Morgan fingerprint density at radius 1 is 1.17 bits per heavy atom. The number of halogens is 2. The van der Waals surface area contributed by atoms with Gasteiger partial charge in [-0.1, -0.05) is 34.4 Å². The molecule has 1 fully saturated rings. The van der Waals surface area contributed by atoms with E-state index < -0.39 is 0 Å². The zero-order chi connectivity index (χ0) is 17.5. The minimum absolute atomic E-state index is 0.146. The van der Waals surface area contributed by atoms with E-state index in [1.165, 1.54) is 0 Å². The first-order valence-electron chi connectivity index (χ1n) is 8.11. The van der Waals surface area contributed by atoms with Gasteiger partial charge in [-0.05, 0) is 26.1 Å². The van der Waals surface area contributed by atoms with Crippen molar-refractivity contribution in [2.45, 2.75) is 19.8 Å². The third-order valence-corrected chi connectivity index (χ3v) is 4.73. The van der Waals surface area contributed by atoms with Gasteiger partial charge in [-0.15, -0.1) is 0 Å². The molecule has 7 heteroatoms. The Kier molecular flexibility index (Phi) is 7.34. The molecule has 1 aliphatic heterocycles. The number of carbonyl (C=O) groups is 1. The highest BCUT2D eigenvalue weighted by Gasteiger charge is 2.19. The normalized spacial score (nSPS) is 16.3. The second-order valence-electron chi connectivity index (χ2n) is 5.77. The summed E-state index contributed by atoms with van der Waals surface area (Å²) in [6.07, 6.45) is 0.902. The van der Waals surface area contributed by atoms with E-state index in [9.17, 15) is 4.79 Å². The molecule has 5 nitrogen and oxygen atoms in total. The number of amides is 1. The SMILES string of the molecule is CCON=C(CCC(=O)N1CCN(C)CC1)c1ccc(Cl)c(Cl)c1. The van der Waals surface area contributed by atoms with Crippen LogP contribution < -0.4 is 0 Å². The molecule has 1 aromatic rings. The van der Waals surface area contributed by atoms with E-state index in [2.05, 4.69) is 17.1 Å². The Bertz CT molecular complexity index is 599. The lowest BCUT2D eigenvalue weighted by Gasteiger charge is -2.32. The van der Waals surface area contributed by atoms with Gasteiger partial charge >= 0.3 is 0 Å². The van der Waals surface area contributed by atoms with Crippen molar-refractivity contribution >= 4 is 34.8 Å². The fourth-order valence-electron chi connectivity index (χ4n) is 2.50. The summed E-state index contributed by atoms with van der Waals surface area (Å²) in [6, 6.07) is 5.32. The zero-order valence-electron chi connectivity index (χ0n) is 14.1. The maximum atomic E-state index is 12.4. The highest BCUT2D eigenvalue weighted by Crippen LogP contribution is 2.24. The zero-order valence-corrected chi connectivity index (χ0v) is 15.6. The molecular formula is C17H23Cl2N3O2. The molecule has 2 rings (SSSR count). The minimum Gasteiger partial charge on any atom is -0.396 e. The molecular weight excluding hydrogens is 349 g/mol. The molecule has 24 heavy (non-hydrogen) atoms. The first-order chi connectivity index (χ1) is 11.5. The molecule has 132 valence electrons. The lowest BCUT2D eigenvalue weighted by atomic mass is 10.1. The largest absolute Gasteiger partial charge is 0.396 e. The van der Waals surface area contributed by atoms with Crippen molar-refractivity contribution < 1.29 is 9.63 Å². The van der Waals surface area contributed by atoms with Crippen LogP contribution in [0.3, 0.4) is 0 Å². The van der Waals surface area contributed by atoms with Gasteiger partial charge in [0.05, 0.1) is 15.8 Å². The van der Waals surface area contributed by atoms with Gasteiger partial charge in [0.15, 0.2) is 0 Å². The fraction of sp³-hybridized carbons (Fsp3) is 0.529. The molecule has 1 heterocycles. The molecule has 1 aliphatic rings. The quantitative estimate of drug-likeness (QED) is 0.569. The van der Waals surface area contributed by atoms with Crippen LogP contribution in [0.5, 0.6) is 0 Å². The van der Waals surface area contributed by atoms with Crippen molar-refractivity contribution in [2.75, 3.05) is 39.8 Å². The summed E-state index contributed by atoms with van der Waals surface area (Å²) in [5.74, 6) is 0.146. The van der Waals surface area contributed by atoms with Crippen molar-refractivity contribution in [3.05, 3.63) is 33.8 Å². The van der Waals surface area contributed by atoms with E-state index >= 15 is 0 Å². The second kappa shape index (κ2) is 9.25. The summed E-state index contributed by atoms with van der Waals surface area (Å²) in [6.45, 7) is 5.72. The summed E-state index contributed by atoms with van der Waals surface area (Å²) in [7, 11) is 2.07. The predicted octanol–water partition coefficient (Wildman–Crippen LogP) is 3.29. The first-order valence-corrected chi connectivity index (χ1v) is 8.87. The molecule has 0 spiro atoms. The van der Waals surface area contributed by atoms with Gasteiger partial charge in [0, 0.05) is 44.6 Å². The standard InChI is InChI=1S/C17H23Cl2N3O2/c1-3-24-20-16(13-4-5-14(18)15(19)12-13)6-7-17(23)22-10-8-21(2)9-11-22/h4-5,12H,3,6-11H2,1-2H3. The molecule has 0 radical (unpaired) electrons. The third kappa shape index (κ3) is 5.36. The van der Waals surface area contributed by atoms with Gasteiger partial charge in [0.2, 0.25) is 5.91 Å². The van der Waals surface area contributed by atoms with Crippen molar-refractivity contribution in [1.29, 1.82) is 0 Å². The molecule has 1 saturated heterocycles. The van der Waals surface area contributed by atoms with Crippen molar-refractivity contribution in [1.82, 2.24) is 9.80 Å². The molecule has 0 aromatic heterocycles. The van der Waals surface area contributed by atoms with Crippen LogP contribution in [0.15, 0.2) is 23.4 Å². The van der Waals surface area contributed by atoms with Crippen molar-refractivity contribution in [2.24, 2.45) is 5.16 Å². The van der Waals surface area contributed by atoms with Gasteiger partial charge < -0.3 is 14.6 Å². The molecule has 0 atom stereocenters. The van der Waals surface area contributed by atoms with Crippen LogP contribution in [-0.2, 0) is 9.63 Å². The summed E-state index contributed by atoms with van der Waals surface area (Å²) in [5.41, 5.74) is 1.53. The Morgan fingerprint density at radius 3 is 2.50 bits per heavy atom. The van der Waals surface area contributed by atoms with Crippen LogP contribution in [-0.4, -0.2) is 61.3 Å². The second-order valence-corrected chi connectivity index (χ2v) is 6.58. The number of likely N-dealkylation sites (N-methyl/N-ethyl adjacent to an activating group) is 1.